The molecule has 0 aromatic heterocycles. The van der Waals surface area contributed by atoms with E-state index in [0.29, 0.717) is 17.0 Å². The molecule has 0 unspecified atom stereocenters. The third-order valence-corrected chi connectivity index (χ3v) is 6.32. The zero-order valence-electron chi connectivity index (χ0n) is 20.4. The van der Waals surface area contributed by atoms with E-state index in [1.165, 1.54) is 11.0 Å². The molecule has 3 aromatic carbocycles. The molecule has 7 nitrogen and oxygen atoms in total. The molecule has 3 rings (SSSR count). The van der Waals surface area contributed by atoms with Crippen molar-refractivity contribution in [2.45, 2.75) is 51.7 Å². The summed E-state index contributed by atoms with van der Waals surface area (Å²) in [5.74, 6) is -0.641. The predicted octanol–water partition coefficient (Wildman–Crippen LogP) is 5.35. The van der Waals surface area contributed by atoms with E-state index in [1.54, 1.807) is 42.5 Å². The van der Waals surface area contributed by atoms with Crippen LogP contribution in [0.3, 0.4) is 0 Å². The Labute approximate surface area is 216 Å². The number of nitrogens with zero attached hydrogens (tertiary/aromatic N) is 2. The second-order valence-corrected chi connectivity index (χ2v) is 9.17. The molecule has 3 aromatic rings. The molecule has 0 aliphatic heterocycles. The van der Waals surface area contributed by atoms with Crippen molar-refractivity contribution in [3.8, 4) is 0 Å². The first-order valence-corrected chi connectivity index (χ1v) is 12.3. The van der Waals surface area contributed by atoms with Crippen molar-refractivity contribution < 1.29 is 14.5 Å². The van der Waals surface area contributed by atoms with Gasteiger partial charge in [0, 0.05) is 35.7 Å². The molecule has 0 fully saturated rings. The lowest BCUT2D eigenvalue weighted by Gasteiger charge is -2.32. The zero-order chi connectivity index (χ0) is 26.1. The lowest BCUT2D eigenvalue weighted by Crippen LogP contribution is -2.52. The Balaban J connectivity index is 2.01. The van der Waals surface area contributed by atoms with Gasteiger partial charge in [-0.1, -0.05) is 79.2 Å². The highest BCUT2D eigenvalue weighted by molar-refractivity contribution is 6.30. The van der Waals surface area contributed by atoms with Crippen LogP contribution in [0.2, 0.25) is 5.02 Å². The number of carbonyl (C=O) groups is 2. The highest BCUT2D eigenvalue weighted by atomic mass is 35.5. The molecule has 0 saturated heterocycles. The molecule has 2 atom stereocenters. The monoisotopic (exact) mass is 507 g/mol. The van der Waals surface area contributed by atoms with Crippen LogP contribution in [0.15, 0.2) is 78.9 Å². The average molecular weight is 508 g/mol. The largest absolute Gasteiger partial charge is 0.352 e. The summed E-state index contributed by atoms with van der Waals surface area (Å²) in [4.78, 5) is 39.8. The minimum Gasteiger partial charge on any atom is -0.352 e. The molecule has 0 aliphatic rings. The van der Waals surface area contributed by atoms with Crippen LogP contribution < -0.4 is 5.32 Å². The van der Waals surface area contributed by atoms with Gasteiger partial charge in [-0.15, -0.1) is 0 Å². The first kappa shape index (κ1) is 26.9. The van der Waals surface area contributed by atoms with E-state index in [-0.39, 0.29) is 36.5 Å². The number of nitrogens with one attached hydrogen (secondary N) is 1. The van der Waals surface area contributed by atoms with Gasteiger partial charge in [0.1, 0.15) is 6.04 Å². The average Bonchev–Trinajstić information content (AvgIpc) is 2.87. The van der Waals surface area contributed by atoms with Gasteiger partial charge >= 0.3 is 0 Å². The van der Waals surface area contributed by atoms with E-state index in [4.69, 9.17) is 11.6 Å². The van der Waals surface area contributed by atoms with Gasteiger partial charge in [-0.05, 0) is 36.6 Å². The van der Waals surface area contributed by atoms with E-state index in [1.807, 2.05) is 44.2 Å². The van der Waals surface area contributed by atoms with Crippen LogP contribution in [-0.4, -0.2) is 33.7 Å². The zero-order valence-corrected chi connectivity index (χ0v) is 21.1. The van der Waals surface area contributed by atoms with Crippen molar-refractivity contribution in [1.29, 1.82) is 0 Å². The minimum atomic E-state index is -0.813. The number of halogens is 1. The van der Waals surface area contributed by atoms with Crippen molar-refractivity contribution in [1.82, 2.24) is 10.2 Å². The second kappa shape index (κ2) is 12.8. The number of amides is 2. The molecule has 0 radical (unpaired) electrons. The third kappa shape index (κ3) is 7.39. The summed E-state index contributed by atoms with van der Waals surface area (Å²) in [7, 11) is 0. The number of hydrogen-bond donors (Lipinski definition) is 1. The van der Waals surface area contributed by atoms with Crippen LogP contribution >= 0.6 is 11.6 Å². The summed E-state index contributed by atoms with van der Waals surface area (Å²) in [6.07, 6.45) is 0.844. The Hall–Kier alpha value is -3.71. The minimum absolute atomic E-state index is 0.0709. The number of rotatable bonds is 11. The standard InChI is InChI=1S/C28H30ClN3O4/c1-3-20(2)30-28(34)26(17-21-9-5-4-6-10-21)31(19-22-13-15-24(29)16-14-22)27(33)18-23-11-7-8-12-25(23)32(35)36/h4-16,20,26H,3,17-19H2,1-2H3,(H,30,34)/t20-,26+/m0/s1. The summed E-state index contributed by atoms with van der Waals surface area (Å²) >= 11 is 6.05. The fraction of sp³-hybridized carbons (Fsp3) is 0.286. The molecule has 0 aliphatic carbocycles. The lowest BCUT2D eigenvalue weighted by molar-refractivity contribution is -0.385. The lowest BCUT2D eigenvalue weighted by atomic mass is 10.0. The Kier molecular flexibility index (Phi) is 9.59. The van der Waals surface area contributed by atoms with Crippen LogP contribution in [0.1, 0.15) is 37.0 Å². The smallest absolute Gasteiger partial charge is 0.273 e. The summed E-state index contributed by atoms with van der Waals surface area (Å²) < 4.78 is 0. The number of hydrogen-bond acceptors (Lipinski definition) is 4. The van der Waals surface area contributed by atoms with E-state index in [9.17, 15) is 19.7 Å². The number of nitro benzene ring substituents is 1. The van der Waals surface area contributed by atoms with Crippen molar-refractivity contribution in [2.24, 2.45) is 0 Å². The topological polar surface area (TPSA) is 92.6 Å². The maximum atomic E-state index is 13.7. The molecule has 0 spiro atoms. The first-order chi connectivity index (χ1) is 17.3. The van der Waals surface area contributed by atoms with Crippen molar-refractivity contribution >= 4 is 29.1 Å². The fourth-order valence-electron chi connectivity index (χ4n) is 3.88. The molecule has 0 saturated carbocycles. The number of benzene rings is 3. The number of carbonyl (C=O) groups excluding carboxylic acids is 2. The van der Waals surface area contributed by atoms with E-state index in [0.717, 1.165) is 17.5 Å². The third-order valence-electron chi connectivity index (χ3n) is 6.07. The van der Waals surface area contributed by atoms with Gasteiger partial charge in [-0.25, -0.2) is 0 Å². The Morgan fingerprint density at radius 1 is 0.972 bits per heavy atom. The summed E-state index contributed by atoms with van der Waals surface area (Å²) in [5.41, 5.74) is 1.88. The maximum Gasteiger partial charge on any atom is 0.273 e. The molecular weight excluding hydrogens is 478 g/mol. The SMILES string of the molecule is CC[C@H](C)NC(=O)[C@@H](Cc1ccccc1)N(Cc1ccc(Cl)cc1)C(=O)Cc1ccccc1[N+](=O)[O-]. The Morgan fingerprint density at radius 3 is 2.25 bits per heavy atom. The molecule has 8 heteroatoms. The number of nitro groups is 1. The van der Waals surface area contributed by atoms with Crippen LogP contribution in [0.4, 0.5) is 5.69 Å². The van der Waals surface area contributed by atoms with Crippen molar-refractivity contribution in [2.75, 3.05) is 0 Å². The Morgan fingerprint density at radius 2 is 1.61 bits per heavy atom. The summed E-state index contributed by atoms with van der Waals surface area (Å²) in [5, 5.41) is 15.1. The van der Waals surface area contributed by atoms with Crippen LogP contribution in [0.25, 0.3) is 0 Å². The van der Waals surface area contributed by atoms with Gasteiger partial charge in [0.15, 0.2) is 0 Å². The van der Waals surface area contributed by atoms with Crippen molar-refractivity contribution in [3.63, 3.8) is 0 Å². The van der Waals surface area contributed by atoms with E-state index in [2.05, 4.69) is 5.32 Å². The molecule has 188 valence electrons. The van der Waals surface area contributed by atoms with Gasteiger partial charge in [-0.2, -0.15) is 0 Å². The highest BCUT2D eigenvalue weighted by Crippen LogP contribution is 2.22. The molecule has 36 heavy (non-hydrogen) atoms. The molecule has 2 amide bonds. The molecule has 0 bridgehead atoms. The summed E-state index contributed by atoms with van der Waals surface area (Å²) in [6, 6.07) is 21.9. The highest BCUT2D eigenvalue weighted by Gasteiger charge is 2.32. The second-order valence-electron chi connectivity index (χ2n) is 8.73. The predicted molar refractivity (Wildman–Crippen MR) is 141 cm³/mol. The fourth-order valence-corrected chi connectivity index (χ4v) is 4.01. The van der Waals surface area contributed by atoms with Crippen LogP contribution in [0, 0.1) is 10.1 Å². The van der Waals surface area contributed by atoms with Crippen LogP contribution in [-0.2, 0) is 29.0 Å². The van der Waals surface area contributed by atoms with Gasteiger partial charge < -0.3 is 10.2 Å². The van der Waals surface area contributed by atoms with E-state index < -0.39 is 11.0 Å². The molecule has 1 N–H and O–H groups in total. The Bertz CT molecular complexity index is 1180. The summed E-state index contributed by atoms with van der Waals surface area (Å²) in [6.45, 7) is 4.04. The van der Waals surface area contributed by atoms with E-state index >= 15 is 0 Å². The van der Waals surface area contributed by atoms with Crippen molar-refractivity contribution in [3.05, 3.63) is 111 Å². The maximum absolute atomic E-state index is 13.7. The number of para-hydroxylation sites is 1. The van der Waals surface area contributed by atoms with Gasteiger partial charge in [0.25, 0.3) is 5.69 Å². The molecular formula is C28H30ClN3O4. The van der Waals surface area contributed by atoms with Gasteiger partial charge in [-0.3, -0.25) is 19.7 Å². The quantitative estimate of drug-likeness (QED) is 0.280. The normalized spacial score (nSPS) is 12.4. The first-order valence-electron chi connectivity index (χ1n) is 11.9. The van der Waals surface area contributed by atoms with Gasteiger partial charge in [0.2, 0.25) is 11.8 Å². The molecule has 0 heterocycles. The van der Waals surface area contributed by atoms with Crippen LogP contribution in [0.5, 0.6) is 0 Å². The van der Waals surface area contributed by atoms with Gasteiger partial charge in [0.05, 0.1) is 11.3 Å².